The van der Waals surface area contributed by atoms with E-state index in [9.17, 15) is 4.79 Å². The van der Waals surface area contributed by atoms with Crippen LogP contribution in [0.15, 0.2) is 12.1 Å². The van der Waals surface area contributed by atoms with Crippen LogP contribution in [0, 0.1) is 12.8 Å². The molecule has 0 radical (unpaired) electrons. The topological polar surface area (TPSA) is 98.2 Å². The van der Waals surface area contributed by atoms with Crippen molar-refractivity contribution in [2.24, 2.45) is 11.7 Å². The van der Waals surface area contributed by atoms with Gasteiger partial charge in [-0.05, 0) is 31.9 Å². The van der Waals surface area contributed by atoms with Gasteiger partial charge in [-0.2, -0.15) is 4.52 Å². The molecule has 19 heavy (non-hydrogen) atoms. The number of primary amides is 1. The van der Waals surface area contributed by atoms with Gasteiger partial charge >= 0.3 is 0 Å². The average molecular weight is 260 g/mol. The summed E-state index contributed by atoms with van der Waals surface area (Å²) in [5, 5.41) is 15.7. The summed E-state index contributed by atoms with van der Waals surface area (Å²) in [5.41, 5.74) is 6.12. The van der Waals surface area contributed by atoms with E-state index in [4.69, 9.17) is 5.73 Å². The Balaban J connectivity index is 1.84. The Bertz CT molecular complexity index is 622. The summed E-state index contributed by atoms with van der Waals surface area (Å²) in [6, 6.07) is 3.77. The maximum atomic E-state index is 11.4. The predicted octanol–water partition coefficient (Wildman–Crippen LogP) is 0.499. The summed E-state index contributed by atoms with van der Waals surface area (Å²) in [6.07, 6.45) is 2.80. The van der Waals surface area contributed by atoms with Gasteiger partial charge in [0.2, 0.25) is 5.91 Å². The van der Waals surface area contributed by atoms with E-state index in [0.29, 0.717) is 11.5 Å². The Morgan fingerprint density at radius 3 is 3.05 bits per heavy atom. The van der Waals surface area contributed by atoms with Crippen molar-refractivity contribution in [1.82, 2.24) is 19.8 Å². The molecule has 2 aromatic heterocycles. The molecule has 1 saturated carbocycles. The molecule has 0 aromatic carbocycles. The Morgan fingerprint density at radius 2 is 2.26 bits per heavy atom. The molecule has 2 heterocycles. The number of nitrogens with two attached hydrogens (primary N) is 1. The molecule has 0 spiro atoms. The molecule has 2 atom stereocenters. The van der Waals surface area contributed by atoms with E-state index in [0.717, 1.165) is 25.1 Å². The number of rotatable bonds is 3. The molecular weight excluding hydrogens is 244 g/mol. The van der Waals surface area contributed by atoms with Gasteiger partial charge in [0.05, 0.1) is 5.92 Å². The molecule has 1 amide bonds. The molecule has 2 aromatic rings. The number of hydrogen-bond acceptors (Lipinski definition) is 5. The molecule has 1 aliphatic rings. The highest BCUT2D eigenvalue weighted by Gasteiger charge is 2.31. The molecule has 0 saturated heterocycles. The molecular formula is C12H16N6O. The quantitative estimate of drug-likeness (QED) is 0.837. The minimum Gasteiger partial charge on any atom is -0.369 e. The molecule has 3 N–H and O–H groups in total. The Morgan fingerprint density at radius 1 is 1.42 bits per heavy atom. The first-order valence-corrected chi connectivity index (χ1v) is 6.40. The maximum Gasteiger partial charge on any atom is 0.222 e. The number of nitrogens with zero attached hydrogens (tertiary/aromatic N) is 4. The van der Waals surface area contributed by atoms with E-state index in [1.165, 1.54) is 0 Å². The van der Waals surface area contributed by atoms with Crippen LogP contribution in [-0.2, 0) is 4.79 Å². The molecule has 100 valence electrons. The fourth-order valence-electron chi connectivity index (χ4n) is 2.64. The lowest BCUT2D eigenvalue weighted by atomic mass is 10.0. The van der Waals surface area contributed by atoms with Crippen molar-refractivity contribution in [1.29, 1.82) is 0 Å². The standard InChI is InChI=1S/C12H16N6O/c1-7-15-16-11-6-5-10(17-18(7)11)14-9-4-2-3-8(9)12(13)19/h5-6,8-9H,2-4H2,1H3,(H2,13,19)(H,14,17)/t8-,9+/m0/s1. The van der Waals surface area contributed by atoms with E-state index in [1.54, 1.807) is 4.52 Å². The highest BCUT2D eigenvalue weighted by atomic mass is 16.1. The van der Waals surface area contributed by atoms with Crippen molar-refractivity contribution >= 4 is 17.4 Å². The van der Waals surface area contributed by atoms with Gasteiger partial charge in [0.15, 0.2) is 11.5 Å². The summed E-state index contributed by atoms with van der Waals surface area (Å²) in [4.78, 5) is 11.4. The normalized spacial score (nSPS) is 22.8. The number of amides is 1. The SMILES string of the molecule is Cc1nnc2ccc(N[C@@H]3CCC[C@@H]3C(N)=O)nn12. The highest BCUT2D eigenvalue weighted by Crippen LogP contribution is 2.27. The number of nitrogens with one attached hydrogen (secondary N) is 1. The molecule has 1 aliphatic carbocycles. The van der Waals surface area contributed by atoms with Gasteiger partial charge in [-0.25, -0.2) is 0 Å². The zero-order valence-electron chi connectivity index (χ0n) is 10.7. The second-order valence-electron chi connectivity index (χ2n) is 4.93. The summed E-state index contributed by atoms with van der Waals surface area (Å²) >= 11 is 0. The first-order chi connectivity index (χ1) is 9.15. The molecule has 7 heteroatoms. The van der Waals surface area contributed by atoms with Gasteiger partial charge < -0.3 is 11.1 Å². The zero-order valence-corrected chi connectivity index (χ0v) is 10.7. The lowest BCUT2D eigenvalue weighted by molar-refractivity contribution is -0.121. The number of hydrogen-bond donors (Lipinski definition) is 2. The minimum absolute atomic E-state index is 0.0687. The average Bonchev–Trinajstić information content (AvgIpc) is 2.98. The first-order valence-electron chi connectivity index (χ1n) is 6.40. The van der Waals surface area contributed by atoms with Crippen LogP contribution < -0.4 is 11.1 Å². The number of aromatic nitrogens is 4. The van der Waals surface area contributed by atoms with E-state index in [-0.39, 0.29) is 17.9 Å². The number of carbonyl (C=O) groups is 1. The van der Waals surface area contributed by atoms with Gasteiger partial charge in [-0.1, -0.05) is 6.42 Å². The van der Waals surface area contributed by atoms with Crippen molar-refractivity contribution in [2.75, 3.05) is 5.32 Å². The first kappa shape index (κ1) is 11.9. The summed E-state index contributed by atoms with van der Waals surface area (Å²) in [7, 11) is 0. The summed E-state index contributed by atoms with van der Waals surface area (Å²) in [5.74, 6) is 1.10. The smallest absolute Gasteiger partial charge is 0.222 e. The number of aryl methyl sites for hydroxylation is 1. The zero-order chi connectivity index (χ0) is 13.4. The van der Waals surface area contributed by atoms with Crippen LogP contribution in [0.5, 0.6) is 0 Å². The minimum atomic E-state index is -0.239. The lowest BCUT2D eigenvalue weighted by Gasteiger charge is -2.18. The molecule has 0 unspecified atom stereocenters. The van der Waals surface area contributed by atoms with Gasteiger partial charge in [-0.3, -0.25) is 4.79 Å². The monoisotopic (exact) mass is 260 g/mol. The van der Waals surface area contributed by atoms with Crippen LogP contribution in [-0.4, -0.2) is 31.8 Å². The van der Waals surface area contributed by atoms with Gasteiger partial charge in [0.1, 0.15) is 5.82 Å². The second-order valence-corrected chi connectivity index (χ2v) is 4.93. The Labute approximate surface area is 110 Å². The Kier molecular flexibility index (Phi) is 2.81. The Hall–Kier alpha value is -2.18. The summed E-state index contributed by atoms with van der Waals surface area (Å²) in [6.45, 7) is 1.85. The van der Waals surface area contributed by atoms with Gasteiger partial charge in [0.25, 0.3) is 0 Å². The van der Waals surface area contributed by atoms with Gasteiger partial charge in [0, 0.05) is 6.04 Å². The molecule has 3 rings (SSSR count). The third-order valence-electron chi connectivity index (χ3n) is 3.63. The molecule has 0 aliphatic heterocycles. The fraction of sp³-hybridized carbons (Fsp3) is 0.500. The number of anilines is 1. The van der Waals surface area contributed by atoms with Crippen LogP contribution in [0.3, 0.4) is 0 Å². The van der Waals surface area contributed by atoms with Crippen molar-refractivity contribution in [3.8, 4) is 0 Å². The second kappa shape index (κ2) is 4.49. The largest absolute Gasteiger partial charge is 0.369 e. The van der Waals surface area contributed by atoms with Crippen molar-refractivity contribution < 1.29 is 4.79 Å². The molecule has 7 nitrogen and oxygen atoms in total. The van der Waals surface area contributed by atoms with Crippen LogP contribution in [0.25, 0.3) is 5.65 Å². The lowest BCUT2D eigenvalue weighted by Crippen LogP contribution is -2.34. The molecule has 1 fully saturated rings. The van der Waals surface area contributed by atoms with Crippen molar-refractivity contribution in [2.45, 2.75) is 32.2 Å². The van der Waals surface area contributed by atoms with E-state index >= 15 is 0 Å². The van der Waals surface area contributed by atoms with Crippen molar-refractivity contribution in [3.05, 3.63) is 18.0 Å². The number of fused-ring (bicyclic) bond motifs is 1. The highest BCUT2D eigenvalue weighted by molar-refractivity contribution is 5.78. The van der Waals surface area contributed by atoms with Crippen LogP contribution >= 0.6 is 0 Å². The predicted molar refractivity (Wildman–Crippen MR) is 69.5 cm³/mol. The van der Waals surface area contributed by atoms with E-state index in [1.807, 2.05) is 19.1 Å². The van der Waals surface area contributed by atoms with Crippen LogP contribution in [0.4, 0.5) is 5.82 Å². The van der Waals surface area contributed by atoms with Crippen molar-refractivity contribution in [3.63, 3.8) is 0 Å². The number of carbonyl (C=O) groups excluding carboxylic acids is 1. The van der Waals surface area contributed by atoms with Crippen LogP contribution in [0.2, 0.25) is 0 Å². The third kappa shape index (κ3) is 2.11. The third-order valence-corrected chi connectivity index (χ3v) is 3.63. The summed E-state index contributed by atoms with van der Waals surface area (Å²) < 4.78 is 1.68. The van der Waals surface area contributed by atoms with E-state index < -0.39 is 0 Å². The van der Waals surface area contributed by atoms with Gasteiger partial charge in [-0.15, -0.1) is 15.3 Å². The fourth-order valence-corrected chi connectivity index (χ4v) is 2.64. The van der Waals surface area contributed by atoms with Crippen LogP contribution in [0.1, 0.15) is 25.1 Å². The maximum absolute atomic E-state index is 11.4. The van der Waals surface area contributed by atoms with E-state index in [2.05, 4.69) is 20.6 Å². The molecule has 0 bridgehead atoms.